The van der Waals surface area contributed by atoms with Crippen molar-refractivity contribution >= 4 is 0 Å². The molecule has 3 aromatic carbocycles. The van der Waals surface area contributed by atoms with Crippen molar-refractivity contribution in [1.82, 2.24) is 0 Å². The Labute approximate surface area is 233 Å². The van der Waals surface area contributed by atoms with Gasteiger partial charge in [-0.3, -0.25) is 0 Å². The number of allylic oxidation sites excluding steroid dienone is 3. The Morgan fingerprint density at radius 1 is 0.923 bits per heavy atom. The predicted octanol–water partition coefficient (Wildman–Crippen LogP) is 7.96. The molecule has 0 radical (unpaired) electrons. The molecule has 0 spiro atoms. The van der Waals surface area contributed by atoms with E-state index in [0.717, 1.165) is 43.8 Å². The molecule has 3 aliphatic rings. The normalized spacial score (nSPS) is 27.4. The van der Waals surface area contributed by atoms with Gasteiger partial charge in [0.1, 0.15) is 18.1 Å². The lowest BCUT2D eigenvalue weighted by atomic mass is 9.59. The van der Waals surface area contributed by atoms with Crippen LogP contribution in [0.1, 0.15) is 66.7 Å². The fourth-order valence-corrected chi connectivity index (χ4v) is 6.81. The largest absolute Gasteiger partial charge is 0.494 e. The van der Waals surface area contributed by atoms with Crippen molar-refractivity contribution in [3.63, 3.8) is 0 Å². The molecule has 39 heavy (non-hydrogen) atoms. The molecule has 0 heterocycles. The number of rotatable bonds is 10. The minimum Gasteiger partial charge on any atom is -0.494 e. The van der Waals surface area contributed by atoms with Crippen molar-refractivity contribution in [1.29, 1.82) is 0 Å². The lowest BCUT2D eigenvalue weighted by Gasteiger charge is -2.45. The van der Waals surface area contributed by atoms with Gasteiger partial charge in [-0.1, -0.05) is 79.7 Å². The van der Waals surface area contributed by atoms with E-state index in [1.165, 1.54) is 28.7 Å². The van der Waals surface area contributed by atoms with E-state index in [-0.39, 0.29) is 12.0 Å². The first-order chi connectivity index (χ1) is 19.1. The van der Waals surface area contributed by atoms with Crippen LogP contribution in [0.4, 0.5) is 0 Å². The van der Waals surface area contributed by atoms with E-state index in [4.69, 9.17) is 9.47 Å². The van der Waals surface area contributed by atoms with Crippen LogP contribution in [0.3, 0.4) is 0 Å². The summed E-state index contributed by atoms with van der Waals surface area (Å²) in [5.41, 5.74) is 5.49. The molecule has 202 valence electrons. The lowest BCUT2D eigenvalue weighted by molar-refractivity contribution is 0.190. The second kappa shape index (κ2) is 11.4. The number of aryl methyl sites for hydroxylation is 1. The van der Waals surface area contributed by atoms with Crippen LogP contribution in [0.25, 0.3) is 0 Å². The molecule has 1 fully saturated rings. The van der Waals surface area contributed by atoms with Crippen molar-refractivity contribution in [2.24, 2.45) is 17.3 Å². The van der Waals surface area contributed by atoms with Crippen molar-refractivity contribution in [3.8, 4) is 5.75 Å². The number of hydrogen-bond donors (Lipinski definition) is 1. The van der Waals surface area contributed by atoms with Gasteiger partial charge in [0.25, 0.3) is 0 Å². The van der Waals surface area contributed by atoms with E-state index in [0.29, 0.717) is 30.3 Å². The van der Waals surface area contributed by atoms with E-state index in [1.54, 1.807) is 0 Å². The van der Waals surface area contributed by atoms with Gasteiger partial charge in [0.15, 0.2) is 0 Å². The molecule has 3 aliphatic carbocycles. The molecule has 5 atom stereocenters. The van der Waals surface area contributed by atoms with E-state index in [1.807, 2.05) is 6.07 Å². The quantitative estimate of drug-likeness (QED) is 0.295. The summed E-state index contributed by atoms with van der Waals surface area (Å²) in [6, 6.07) is 28.2. The van der Waals surface area contributed by atoms with E-state index >= 15 is 0 Å². The monoisotopic (exact) mass is 520 g/mol. The number of fused-ring (bicyclic) bond motifs is 1. The molecule has 1 saturated carbocycles. The summed E-state index contributed by atoms with van der Waals surface area (Å²) < 4.78 is 12.4. The smallest absolute Gasteiger partial charge is 0.120 e. The van der Waals surface area contributed by atoms with Gasteiger partial charge in [0.2, 0.25) is 0 Å². The zero-order valence-corrected chi connectivity index (χ0v) is 23.0. The predicted molar refractivity (Wildman–Crippen MR) is 157 cm³/mol. The second-order valence-electron chi connectivity index (χ2n) is 11.9. The van der Waals surface area contributed by atoms with Crippen LogP contribution in [0.2, 0.25) is 0 Å². The molecule has 0 amide bonds. The molecule has 6 rings (SSSR count). The van der Waals surface area contributed by atoms with E-state index in [2.05, 4.69) is 97.9 Å². The van der Waals surface area contributed by atoms with Crippen molar-refractivity contribution in [2.45, 2.75) is 57.5 Å². The summed E-state index contributed by atoms with van der Waals surface area (Å²) in [7, 11) is 0. The van der Waals surface area contributed by atoms with Crippen LogP contribution in [0, 0.1) is 17.3 Å². The highest BCUT2D eigenvalue weighted by molar-refractivity contribution is 5.45. The molecular formula is C36H40O3. The highest BCUT2D eigenvalue weighted by Crippen LogP contribution is 2.55. The third-order valence-corrected chi connectivity index (χ3v) is 9.17. The maximum atomic E-state index is 9.19. The maximum Gasteiger partial charge on any atom is 0.120 e. The summed E-state index contributed by atoms with van der Waals surface area (Å²) >= 11 is 0. The highest BCUT2D eigenvalue weighted by Gasteiger charge is 2.43. The van der Waals surface area contributed by atoms with Gasteiger partial charge in [-0.15, -0.1) is 0 Å². The molecular weight excluding hydrogens is 480 g/mol. The van der Waals surface area contributed by atoms with E-state index in [9.17, 15) is 5.11 Å². The van der Waals surface area contributed by atoms with Crippen LogP contribution < -0.4 is 4.74 Å². The molecule has 1 unspecified atom stereocenters. The minimum absolute atomic E-state index is 0.00600. The number of benzene rings is 3. The molecule has 0 saturated heterocycles. The Hall–Kier alpha value is -3.30. The van der Waals surface area contributed by atoms with Gasteiger partial charge in [-0.05, 0) is 102 Å². The zero-order chi connectivity index (χ0) is 26.7. The van der Waals surface area contributed by atoms with Gasteiger partial charge < -0.3 is 14.6 Å². The molecule has 1 N–H and O–H groups in total. The zero-order valence-electron chi connectivity index (χ0n) is 23.0. The molecule has 3 nitrogen and oxygen atoms in total. The summed E-state index contributed by atoms with van der Waals surface area (Å²) in [6.45, 7) is 4.06. The Bertz CT molecular complexity index is 1310. The Balaban J connectivity index is 1.22. The number of hydrogen-bond acceptors (Lipinski definition) is 3. The Morgan fingerprint density at radius 3 is 2.46 bits per heavy atom. The van der Waals surface area contributed by atoms with Crippen molar-refractivity contribution in [3.05, 3.63) is 125 Å². The van der Waals surface area contributed by atoms with Crippen LogP contribution in [-0.4, -0.2) is 18.3 Å². The first-order valence-electron chi connectivity index (χ1n) is 14.6. The standard InChI is InChI=1S/C36H40O3/c1-36(19-16-31(17-20-36)39-25-30-22-28(30)18-21-37)35-33(27-10-6-3-7-11-27)14-12-29-23-32(13-15-34(29)35)38-24-26-8-4-2-5-9-26/h2-11,13,15-17,19,23,28,30,33,35,37H,12,14,18,20-22,24-25H2,1H3/t28-,30+,33-,35+,36?/m1/s1. The van der Waals surface area contributed by atoms with Crippen LogP contribution in [0.15, 0.2) is 103 Å². The highest BCUT2D eigenvalue weighted by atomic mass is 16.5. The lowest BCUT2D eigenvalue weighted by Crippen LogP contribution is -2.33. The average Bonchev–Trinajstić information content (AvgIpc) is 3.74. The van der Waals surface area contributed by atoms with Gasteiger partial charge in [0.05, 0.1) is 6.61 Å². The summed E-state index contributed by atoms with van der Waals surface area (Å²) in [5, 5.41) is 9.19. The summed E-state index contributed by atoms with van der Waals surface area (Å²) in [5.74, 6) is 4.03. The Kier molecular flexibility index (Phi) is 7.61. The number of ether oxygens (including phenoxy) is 2. The molecule has 0 bridgehead atoms. The molecule has 3 aromatic rings. The Morgan fingerprint density at radius 2 is 1.72 bits per heavy atom. The van der Waals surface area contributed by atoms with Crippen molar-refractivity contribution in [2.75, 3.05) is 13.2 Å². The minimum atomic E-state index is -0.00600. The summed E-state index contributed by atoms with van der Waals surface area (Å²) in [4.78, 5) is 0. The SMILES string of the molecule is CC1([C@@H]2c3ccc(OCc4ccccc4)cc3CC[C@@H]2c2ccccc2)C=CC(OC[C@@H]2C[C@H]2CCO)=CC1. The molecule has 0 aromatic heterocycles. The first-order valence-corrected chi connectivity index (χ1v) is 14.6. The number of aliphatic hydroxyl groups is 1. The molecule has 3 heteroatoms. The topological polar surface area (TPSA) is 38.7 Å². The fourth-order valence-electron chi connectivity index (χ4n) is 6.81. The van der Waals surface area contributed by atoms with Gasteiger partial charge >= 0.3 is 0 Å². The van der Waals surface area contributed by atoms with Crippen LogP contribution in [-0.2, 0) is 17.8 Å². The van der Waals surface area contributed by atoms with Crippen LogP contribution >= 0.6 is 0 Å². The van der Waals surface area contributed by atoms with Gasteiger partial charge in [-0.25, -0.2) is 0 Å². The van der Waals surface area contributed by atoms with E-state index < -0.39 is 0 Å². The molecule has 0 aliphatic heterocycles. The third kappa shape index (κ3) is 5.84. The van der Waals surface area contributed by atoms with Gasteiger partial charge in [-0.2, -0.15) is 0 Å². The first kappa shape index (κ1) is 26.0. The van der Waals surface area contributed by atoms with Crippen LogP contribution in [0.5, 0.6) is 5.75 Å². The van der Waals surface area contributed by atoms with Gasteiger partial charge in [0, 0.05) is 12.5 Å². The second-order valence-corrected chi connectivity index (χ2v) is 11.9. The maximum absolute atomic E-state index is 9.19. The average molecular weight is 521 g/mol. The third-order valence-electron chi connectivity index (χ3n) is 9.17. The van der Waals surface area contributed by atoms with Crippen molar-refractivity contribution < 1.29 is 14.6 Å². The fraction of sp³-hybridized carbons (Fsp3) is 0.389. The number of aliphatic hydroxyl groups excluding tert-OH is 1. The summed E-state index contributed by atoms with van der Waals surface area (Å²) in [6.07, 6.45) is 12.2.